The van der Waals surface area contributed by atoms with Crippen molar-refractivity contribution in [2.75, 3.05) is 14.2 Å². The second-order valence-electron chi connectivity index (χ2n) is 4.84. The molecular weight excluding hydrogens is 351 g/mol. The summed E-state index contributed by atoms with van der Waals surface area (Å²) < 4.78 is 73.4. The van der Waals surface area contributed by atoms with E-state index in [1.165, 1.54) is 20.4 Å². The van der Waals surface area contributed by atoms with E-state index in [4.69, 9.17) is 9.47 Å². The third kappa shape index (κ3) is 3.94. The highest BCUT2D eigenvalue weighted by atomic mass is 32.2. The third-order valence-corrected chi connectivity index (χ3v) is 4.05. The lowest BCUT2D eigenvalue weighted by Crippen LogP contribution is -2.28. The normalized spacial score (nSPS) is 12.5. The van der Waals surface area contributed by atoms with Crippen LogP contribution in [0.5, 0.6) is 5.88 Å². The number of ether oxygens (including phenoxy) is 2. The average molecular weight is 365 g/mol. The summed E-state index contributed by atoms with van der Waals surface area (Å²) in [5.74, 6) is -0.664. The first kappa shape index (κ1) is 18.4. The van der Waals surface area contributed by atoms with Gasteiger partial charge in [0.1, 0.15) is 0 Å². The van der Waals surface area contributed by atoms with E-state index in [2.05, 4.69) is 9.17 Å². The topological polar surface area (TPSA) is 74.7 Å². The van der Waals surface area contributed by atoms with E-state index in [1.54, 1.807) is 12.1 Å². The zero-order valence-corrected chi connectivity index (χ0v) is 13.6. The Morgan fingerprint density at radius 2 is 1.54 bits per heavy atom. The average Bonchev–Trinajstić information content (AvgIpc) is 2.47. The van der Waals surface area contributed by atoms with Gasteiger partial charge in [-0.15, -0.1) is 0 Å². The van der Waals surface area contributed by atoms with Gasteiger partial charge in [0, 0.05) is 31.9 Å². The van der Waals surface area contributed by atoms with Crippen LogP contribution in [-0.4, -0.2) is 33.1 Å². The first-order valence-corrected chi connectivity index (χ1v) is 7.99. The Kier molecular flexibility index (Phi) is 5.31. The van der Waals surface area contributed by atoms with Gasteiger partial charge in [-0.05, 0) is 28.6 Å². The molecule has 0 amide bonds. The molecule has 132 valence electrons. The Balaban J connectivity index is 2.45. The molecule has 0 atom stereocenters. The molecule has 24 heavy (non-hydrogen) atoms. The van der Waals surface area contributed by atoms with Crippen LogP contribution < -0.4 is 4.18 Å². The fourth-order valence-corrected chi connectivity index (χ4v) is 2.46. The number of benzene rings is 1. The van der Waals surface area contributed by atoms with Gasteiger partial charge in [-0.25, -0.2) is 4.98 Å². The SMILES string of the molecule is COCc1cc2cnc(OS(=O)(=O)C(F)(F)F)cc2cc1COC. The van der Waals surface area contributed by atoms with Crippen LogP contribution in [0, 0.1) is 0 Å². The van der Waals surface area contributed by atoms with E-state index in [9.17, 15) is 21.6 Å². The van der Waals surface area contributed by atoms with E-state index in [1.807, 2.05) is 0 Å². The van der Waals surface area contributed by atoms with Gasteiger partial charge in [0.05, 0.1) is 13.2 Å². The number of hydrogen-bond acceptors (Lipinski definition) is 6. The van der Waals surface area contributed by atoms with Crippen molar-refractivity contribution in [2.24, 2.45) is 0 Å². The molecule has 6 nitrogen and oxygen atoms in total. The van der Waals surface area contributed by atoms with Crippen molar-refractivity contribution in [3.05, 3.63) is 35.5 Å². The van der Waals surface area contributed by atoms with E-state index in [0.29, 0.717) is 17.4 Å². The molecule has 0 saturated heterocycles. The van der Waals surface area contributed by atoms with Crippen LogP contribution in [-0.2, 0) is 32.8 Å². The number of alkyl halides is 3. The summed E-state index contributed by atoms with van der Waals surface area (Å²) in [5, 5.41) is 1.06. The molecule has 1 aromatic carbocycles. The lowest BCUT2D eigenvalue weighted by molar-refractivity contribution is -0.0501. The Bertz CT molecular complexity index is 836. The second-order valence-corrected chi connectivity index (χ2v) is 6.38. The molecule has 1 aromatic heterocycles. The Morgan fingerprint density at radius 3 is 2.04 bits per heavy atom. The fraction of sp³-hybridized carbons (Fsp3) is 0.357. The smallest absolute Gasteiger partial charge is 0.380 e. The predicted octanol–water partition coefficient (Wildman–Crippen LogP) is 2.76. The molecule has 10 heteroatoms. The summed E-state index contributed by atoms with van der Waals surface area (Å²) in [6.07, 6.45) is 1.23. The number of fused-ring (bicyclic) bond motifs is 1. The lowest BCUT2D eigenvalue weighted by atomic mass is 10.0. The summed E-state index contributed by atoms with van der Waals surface area (Å²) in [5.41, 5.74) is -3.94. The summed E-state index contributed by atoms with van der Waals surface area (Å²) in [6.45, 7) is 0.573. The number of rotatable bonds is 6. The lowest BCUT2D eigenvalue weighted by Gasteiger charge is -2.12. The highest BCUT2D eigenvalue weighted by molar-refractivity contribution is 7.87. The van der Waals surface area contributed by atoms with Crippen LogP contribution in [0.25, 0.3) is 10.8 Å². The van der Waals surface area contributed by atoms with Crippen LogP contribution in [0.15, 0.2) is 24.4 Å². The standard InChI is InChI=1S/C14H14F3NO5S/c1-21-7-11-3-9-5-13(23-24(19,20)14(15,16)17)18-6-10(9)4-12(11)8-22-2/h3-6H,7-8H2,1-2H3. The Labute approximate surface area is 136 Å². The van der Waals surface area contributed by atoms with Crippen LogP contribution in [0.3, 0.4) is 0 Å². The molecule has 0 saturated carbocycles. The molecule has 0 aliphatic rings. The molecule has 0 aliphatic carbocycles. The minimum Gasteiger partial charge on any atom is -0.380 e. The maximum absolute atomic E-state index is 12.4. The van der Waals surface area contributed by atoms with Gasteiger partial charge in [0.2, 0.25) is 5.88 Å². The van der Waals surface area contributed by atoms with Gasteiger partial charge < -0.3 is 13.7 Å². The maximum Gasteiger partial charge on any atom is 0.534 e. The van der Waals surface area contributed by atoms with Gasteiger partial charge in [0.15, 0.2) is 0 Å². The van der Waals surface area contributed by atoms with Crippen molar-refractivity contribution in [2.45, 2.75) is 18.7 Å². The van der Waals surface area contributed by atoms with Crippen LogP contribution in [0.1, 0.15) is 11.1 Å². The first-order chi connectivity index (χ1) is 11.2. The second kappa shape index (κ2) is 6.91. The molecule has 0 unspecified atom stereocenters. The largest absolute Gasteiger partial charge is 0.534 e. The van der Waals surface area contributed by atoms with E-state index in [-0.39, 0.29) is 6.61 Å². The highest BCUT2D eigenvalue weighted by Crippen LogP contribution is 2.28. The van der Waals surface area contributed by atoms with E-state index in [0.717, 1.165) is 17.2 Å². The van der Waals surface area contributed by atoms with Crippen LogP contribution >= 0.6 is 0 Å². The Morgan fingerprint density at radius 1 is 1.00 bits per heavy atom. The van der Waals surface area contributed by atoms with Gasteiger partial charge >= 0.3 is 15.6 Å². The van der Waals surface area contributed by atoms with Gasteiger partial charge in [0.25, 0.3) is 0 Å². The van der Waals surface area contributed by atoms with Gasteiger partial charge in [-0.2, -0.15) is 21.6 Å². The first-order valence-electron chi connectivity index (χ1n) is 6.58. The van der Waals surface area contributed by atoms with Crippen LogP contribution in [0.2, 0.25) is 0 Å². The molecule has 1 heterocycles. The molecule has 0 fully saturated rings. The number of pyridine rings is 1. The molecule has 0 aliphatic heterocycles. The number of nitrogens with zero attached hydrogens (tertiary/aromatic N) is 1. The molecule has 0 bridgehead atoms. The van der Waals surface area contributed by atoms with E-state index < -0.39 is 21.5 Å². The van der Waals surface area contributed by atoms with Crippen LogP contribution in [0.4, 0.5) is 13.2 Å². The number of hydrogen-bond donors (Lipinski definition) is 0. The van der Waals surface area contributed by atoms with Gasteiger partial charge in [-0.1, -0.05) is 0 Å². The van der Waals surface area contributed by atoms with Crippen molar-refractivity contribution in [1.82, 2.24) is 4.98 Å². The molecule has 0 radical (unpaired) electrons. The van der Waals surface area contributed by atoms with Crippen molar-refractivity contribution >= 4 is 20.9 Å². The van der Waals surface area contributed by atoms with Crippen molar-refractivity contribution in [3.63, 3.8) is 0 Å². The minimum absolute atomic E-state index is 0.258. The molecule has 0 N–H and O–H groups in total. The summed E-state index contributed by atoms with van der Waals surface area (Å²) >= 11 is 0. The number of halogens is 3. The van der Waals surface area contributed by atoms with E-state index >= 15 is 0 Å². The van der Waals surface area contributed by atoms with Gasteiger partial charge in [-0.3, -0.25) is 0 Å². The number of aromatic nitrogens is 1. The quantitative estimate of drug-likeness (QED) is 0.579. The minimum atomic E-state index is -5.76. The predicted molar refractivity (Wildman–Crippen MR) is 78.8 cm³/mol. The zero-order valence-electron chi connectivity index (χ0n) is 12.8. The fourth-order valence-electron chi connectivity index (χ4n) is 2.05. The molecular formula is C14H14F3NO5S. The molecule has 2 rings (SSSR count). The summed E-state index contributed by atoms with van der Waals surface area (Å²) in [7, 11) is -2.74. The Hall–Kier alpha value is -1.91. The number of methoxy groups -OCH3 is 2. The molecule has 0 spiro atoms. The summed E-state index contributed by atoms with van der Waals surface area (Å²) in [6, 6.07) is 4.51. The van der Waals surface area contributed by atoms with Crippen molar-refractivity contribution in [1.29, 1.82) is 0 Å². The van der Waals surface area contributed by atoms with Crippen molar-refractivity contribution < 1.29 is 35.2 Å². The highest BCUT2D eigenvalue weighted by Gasteiger charge is 2.48. The maximum atomic E-state index is 12.4. The third-order valence-electron chi connectivity index (χ3n) is 3.09. The zero-order chi connectivity index (χ0) is 18.0. The monoisotopic (exact) mass is 365 g/mol. The summed E-state index contributed by atoms with van der Waals surface area (Å²) in [4.78, 5) is 3.61. The van der Waals surface area contributed by atoms with Crippen molar-refractivity contribution in [3.8, 4) is 5.88 Å². The molecule has 2 aromatic rings.